The Labute approximate surface area is 477 Å². The van der Waals surface area contributed by atoms with Gasteiger partial charge in [-0.15, -0.1) is 12.8 Å². The second kappa shape index (κ2) is 20.2. The fraction of sp³-hybridized carbons (Fsp3) is 0.114. The number of benzene rings is 8. The predicted octanol–water partition coefficient (Wildman–Crippen LogP) is 18.5. The number of hydrogen-bond donors (Lipinski definition) is 0. The summed E-state index contributed by atoms with van der Waals surface area (Å²) < 4.78 is 0. The highest BCUT2D eigenvalue weighted by molar-refractivity contribution is 6.13. The first-order chi connectivity index (χ1) is 39.4. The third-order valence-electron chi connectivity index (χ3n) is 17.4. The van der Waals surface area contributed by atoms with E-state index in [0.717, 1.165) is 90.8 Å². The van der Waals surface area contributed by atoms with E-state index < -0.39 is 10.8 Å². The van der Waals surface area contributed by atoms with Crippen LogP contribution in [0.25, 0.3) is 51.1 Å². The molecule has 8 aromatic carbocycles. The third kappa shape index (κ3) is 8.03. The van der Waals surface area contributed by atoms with Gasteiger partial charge in [-0.25, -0.2) is 0 Å². The largest absolute Gasteiger partial charge is 0.192 e. The molecule has 0 radical (unpaired) electrons. The van der Waals surface area contributed by atoms with Gasteiger partial charge in [0, 0.05) is 11.1 Å². The normalized spacial score (nSPS) is 17.6. The topological polar surface area (TPSA) is 47.6 Å². The molecule has 0 saturated heterocycles. The first-order valence-corrected chi connectivity index (χ1v) is 27.6. The maximum absolute atomic E-state index is 10.5. The second-order valence-corrected chi connectivity index (χ2v) is 22.1. The van der Waals surface area contributed by atoms with Crippen molar-refractivity contribution in [3.63, 3.8) is 0 Å². The van der Waals surface area contributed by atoms with E-state index in [1.807, 2.05) is 55.5 Å². The first-order valence-electron chi connectivity index (χ1n) is 27.6. The van der Waals surface area contributed by atoms with Gasteiger partial charge in [-0.2, -0.15) is 10.5 Å². The summed E-state index contributed by atoms with van der Waals surface area (Å²) in [5.41, 5.74) is 27.9. The lowest BCUT2D eigenvalue weighted by atomic mass is 9.64. The molecule has 0 spiro atoms. The number of rotatable bonds is 9. The molecule has 2 nitrogen and oxygen atoms in total. The highest BCUT2D eigenvalue weighted by Crippen LogP contribution is 2.64. The lowest BCUT2D eigenvalue weighted by molar-refractivity contribution is 0.683. The standard InChI is InChI=1S/C79H58N2/c1-10-57(76(58(11-2)47-80)64-18-14-13-17-53(64)8)41-55-29-39-66-70-45-75-71(46-74(70)78(72(66)43-55,60-31-21-49(4)22-32-60)61-33-23-50(5)24-34-61)67-40-30-56(42-69-54(9)65-19-15-16-20-68(65)77(69)59(12-3)48-81)44-73(67)79(75,62-35-25-51(6)26-36-62)63-37-27-52(7)28-38-63/h2-3,10,13-27,29-37,39-46H,1,9,28,38H2,4-8H3/b57-41+,69-42+,76-58+,77-59-. The second-order valence-electron chi connectivity index (χ2n) is 22.1. The molecule has 4 aliphatic rings. The molecule has 0 aliphatic heterocycles. The summed E-state index contributed by atoms with van der Waals surface area (Å²) in [7, 11) is 0. The molecule has 81 heavy (non-hydrogen) atoms. The maximum Gasteiger partial charge on any atom is 0.110 e. The molecule has 2 heteroatoms. The highest BCUT2D eigenvalue weighted by Gasteiger charge is 2.52. The first kappa shape index (κ1) is 51.5. The fourth-order valence-electron chi connectivity index (χ4n) is 13.5. The van der Waals surface area contributed by atoms with Gasteiger partial charge in [-0.1, -0.05) is 217 Å². The minimum absolute atomic E-state index is 0.250. The Morgan fingerprint density at radius 1 is 0.531 bits per heavy atom. The van der Waals surface area contributed by atoms with Crippen LogP contribution in [0.1, 0.15) is 109 Å². The van der Waals surface area contributed by atoms with Crippen LogP contribution in [0.4, 0.5) is 0 Å². The van der Waals surface area contributed by atoms with Gasteiger partial charge in [0.25, 0.3) is 0 Å². The van der Waals surface area contributed by atoms with Gasteiger partial charge in [-0.05, 0) is 195 Å². The van der Waals surface area contributed by atoms with Crippen LogP contribution in [0.3, 0.4) is 0 Å². The number of hydrogen-bond acceptors (Lipinski definition) is 2. The van der Waals surface area contributed by atoms with Crippen LogP contribution in [0, 0.1) is 75.0 Å². The lowest BCUT2D eigenvalue weighted by Crippen LogP contribution is -2.31. The lowest BCUT2D eigenvalue weighted by Gasteiger charge is -2.38. The maximum atomic E-state index is 10.5. The molecule has 0 aromatic heterocycles. The number of nitriles is 2. The zero-order valence-corrected chi connectivity index (χ0v) is 46.4. The highest BCUT2D eigenvalue weighted by atomic mass is 14.5. The third-order valence-corrected chi connectivity index (χ3v) is 17.4. The van der Waals surface area contributed by atoms with Crippen molar-refractivity contribution in [1.29, 1.82) is 10.5 Å². The summed E-state index contributed by atoms with van der Waals surface area (Å²) >= 11 is 0. The summed E-state index contributed by atoms with van der Waals surface area (Å²) in [4.78, 5) is 0. The minimum atomic E-state index is -0.774. The summed E-state index contributed by atoms with van der Waals surface area (Å²) in [5, 5.41) is 21.0. The van der Waals surface area contributed by atoms with Gasteiger partial charge >= 0.3 is 0 Å². The van der Waals surface area contributed by atoms with Crippen molar-refractivity contribution >= 4 is 28.9 Å². The summed E-state index contributed by atoms with van der Waals surface area (Å²) in [6.45, 7) is 19.6. The summed E-state index contributed by atoms with van der Waals surface area (Å²) in [6, 6.07) is 67.0. The Kier molecular flexibility index (Phi) is 12.9. The number of terminal acetylenes is 2. The molecular weight excluding hydrogens is 977 g/mol. The molecule has 0 N–H and O–H groups in total. The average Bonchev–Trinajstić information content (AvgIpc) is 3.67. The Hall–Kier alpha value is -10.2. The van der Waals surface area contributed by atoms with Crippen molar-refractivity contribution in [2.24, 2.45) is 0 Å². The van der Waals surface area contributed by atoms with Crippen molar-refractivity contribution in [1.82, 2.24) is 0 Å². The smallest absolute Gasteiger partial charge is 0.110 e. The molecule has 0 fully saturated rings. The zero-order chi connectivity index (χ0) is 56.3. The van der Waals surface area contributed by atoms with Crippen LogP contribution < -0.4 is 0 Å². The molecule has 1 atom stereocenters. The van der Waals surface area contributed by atoms with Crippen LogP contribution in [0.5, 0.6) is 0 Å². The van der Waals surface area contributed by atoms with Crippen LogP contribution in [-0.2, 0) is 10.8 Å². The quantitative estimate of drug-likeness (QED) is 0.0822. The molecule has 0 saturated carbocycles. The SMILES string of the molecule is C#C/C(C#N)=C(/C(C=C)=C/c1ccc2c(c1)C(c1ccc(C)cc1)(c1ccc(C)cc1)c1cc3c(cc1-2)C(C1=CC=C(C)CC1)(c1ccc(C)cc1)c1cc(/C=C2\C(=C)c4ccccc4\C2=C(/C#C)C#N)ccc1-3)c1ccccc1C. The molecule has 8 aromatic rings. The van der Waals surface area contributed by atoms with E-state index in [2.05, 4.69) is 217 Å². The van der Waals surface area contributed by atoms with Gasteiger partial charge in [0.05, 0.1) is 10.8 Å². The molecule has 384 valence electrons. The Morgan fingerprint density at radius 3 is 1.60 bits per heavy atom. The molecule has 0 heterocycles. The van der Waals surface area contributed by atoms with Gasteiger partial charge < -0.3 is 0 Å². The predicted molar refractivity (Wildman–Crippen MR) is 336 cm³/mol. The Bertz CT molecular complexity index is 4350. The molecule has 0 amide bonds. The van der Waals surface area contributed by atoms with E-state index in [9.17, 15) is 10.5 Å². The molecular formula is C79H58N2. The van der Waals surface area contributed by atoms with Crippen LogP contribution in [0.2, 0.25) is 0 Å². The van der Waals surface area contributed by atoms with Crippen molar-refractivity contribution in [3.8, 4) is 59.1 Å². The van der Waals surface area contributed by atoms with Crippen LogP contribution in [0.15, 0.2) is 235 Å². The number of allylic oxidation sites excluding steroid dienone is 12. The van der Waals surface area contributed by atoms with Crippen LogP contribution in [-0.4, -0.2) is 0 Å². The van der Waals surface area contributed by atoms with Crippen molar-refractivity contribution in [2.45, 2.75) is 58.3 Å². The van der Waals surface area contributed by atoms with Crippen molar-refractivity contribution < 1.29 is 0 Å². The van der Waals surface area contributed by atoms with Gasteiger partial charge in [0.15, 0.2) is 0 Å². The average molecular weight is 1040 g/mol. The number of aryl methyl sites for hydroxylation is 4. The van der Waals surface area contributed by atoms with Crippen molar-refractivity contribution in [2.75, 3.05) is 0 Å². The van der Waals surface area contributed by atoms with E-state index >= 15 is 0 Å². The Morgan fingerprint density at radius 2 is 1.06 bits per heavy atom. The number of nitrogens with zero attached hydrogens (tertiary/aromatic N) is 2. The van der Waals surface area contributed by atoms with E-state index in [1.54, 1.807) is 0 Å². The van der Waals surface area contributed by atoms with Gasteiger partial charge in [0.1, 0.15) is 23.3 Å². The summed E-state index contributed by atoms with van der Waals surface area (Å²) in [5.74, 6) is 5.41. The fourth-order valence-corrected chi connectivity index (χ4v) is 13.5. The van der Waals surface area contributed by atoms with Gasteiger partial charge in [0.2, 0.25) is 0 Å². The van der Waals surface area contributed by atoms with Gasteiger partial charge in [-0.3, -0.25) is 0 Å². The Balaban J connectivity index is 1.17. The monoisotopic (exact) mass is 1030 g/mol. The van der Waals surface area contributed by atoms with E-state index in [4.69, 9.17) is 12.8 Å². The zero-order valence-electron chi connectivity index (χ0n) is 46.4. The minimum Gasteiger partial charge on any atom is -0.192 e. The van der Waals surface area contributed by atoms with E-state index in [-0.39, 0.29) is 11.1 Å². The van der Waals surface area contributed by atoms with Crippen LogP contribution >= 0.6 is 0 Å². The molecule has 12 rings (SSSR count). The van der Waals surface area contributed by atoms with E-state index in [0.29, 0.717) is 5.57 Å². The molecule has 0 bridgehead atoms. The van der Waals surface area contributed by atoms with Crippen molar-refractivity contribution in [3.05, 3.63) is 324 Å². The van der Waals surface area contributed by atoms with E-state index in [1.165, 1.54) is 66.8 Å². The molecule has 1 unspecified atom stereocenters. The molecule has 4 aliphatic carbocycles. The summed E-state index contributed by atoms with van der Waals surface area (Å²) in [6.07, 6.45) is 24.9. The number of fused-ring (bicyclic) bond motifs is 7.